The van der Waals surface area contributed by atoms with E-state index in [9.17, 15) is 19.0 Å². The van der Waals surface area contributed by atoms with E-state index in [1.807, 2.05) is 33.3 Å². The van der Waals surface area contributed by atoms with Crippen LogP contribution in [0.5, 0.6) is 0 Å². The predicted molar refractivity (Wildman–Crippen MR) is 309 cm³/mol. The minimum atomic E-state index is -4.46. The molecule has 416 valence electrons. The Morgan fingerprint density at radius 2 is 0.889 bits per heavy atom. The smallest absolute Gasteiger partial charge is 0.456 e. The van der Waals surface area contributed by atoms with Crippen LogP contribution in [0.15, 0.2) is 85.1 Å². The molecule has 3 atom stereocenters. The second-order valence-electron chi connectivity index (χ2n) is 20.8. The maximum Gasteiger partial charge on any atom is 0.472 e. The fraction of sp³-hybridized carbons (Fsp3) is 0.742. The number of amides is 1. The lowest BCUT2D eigenvalue weighted by Gasteiger charge is -2.27. The molecule has 0 saturated heterocycles. The van der Waals surface area contributed by atoms with Crippen LogP contribution in [0.4, 0.5) is 0 Å². The summed E-state index contributed by atoms with van der Waals surface area (Å²) in [5.74, 6) is -0.563. The van der Waals surface area contributed by atoms with Crippen molar-refractivity contribution in [3.05, 3.63) is 85.1 Å². The van der Waals surface area contributed by atoms with Crippen LogP contribution in [-0.4, -0.2) is 74.3 Å². The van der Waals surface area contributed by atoms with Crippen molar-refractivity contribution in [2.75, 3.05) is 40.9 Å². The number of hydrogen-bond acceptors (Lipinski definition) is 6. The largest absolute Gasteiger partial charge is 0.472 e. The molecular formula is C62H112N2O7P+. The predicted octanol–water partition coefficient (Wildman–Crippen LogP) is 17.8. The van der Waals surface area contributed by atoms with Crippen molar-refractivity contribution in [3.8, 4) is 0 Å². The Morgan fingerprint density at radius 1 is 0.500 bits per heavy atom. The molecule has 0 saturated carbocycles. The number of quaternary nitrogens is 1. The molecule has 0 rings (SSSR count). The molecule has 0 bridgehead atoms. The van der Waals surface area contributed by atoms with Crippen LogP contribution < -0.4 is 5.32 Å². The van der Waals surface area contributed by atoms with Gasteiger partial charge >= 0.3 is 13.8 Å². The van der Waals surface area contributed by atoms with Gasteiger partial charge in [-0.2, -0.15) is 0 Å². The fourth-order valence-corrected chi connectivity index (χ4v) is 8.75. The summed E-state index contributed by atoms with van der Waals surface area (Å²) >= 11 is 0. The topological polar surface area (TPSA) is 111 Å². The Kier molecular flexibility index (Phi) is 49.6. The van der Waals surface area contributed by atoms with Gasteiger partial charge in [0.2, 0.25) is 5.91 Å². The molecule has 0 aromatic heterocycles. The van der Waals surface area contributed by atoms with E-state index >= 15 is 0 Å². The monoisotopic (exact) mass is 1030 g/mol. The molecule has 0 aliphatic rings. The van der Waals surface area contributed by atoms with Gasteiger partial charge in [-0.25, -0.2) is 4.57 Å². The second-order valence-corrected chi connectivity index (χ2v) is 22.2. The number of phosphoric acid groups is 1. The molecule has 10 heteroatoms. The number of phosphoric ester groups is 1. The van der Waals surface area contributed by atoms with Crippen molar-refractivity contribution >= 4 is 19.7 Å². The lowest BCUT2D eigenvalue weighted by atomic mass is 10.0. The minimum Gasteiger partial charge on any atom is -0.456 e. The zero-order valence-electron chi connectivity index (χ0n) is 47.4. The van der Waals surface area contributed by atoms with Gasteiger partial charge in [0.05, 0.1) is 33.8 Å². The molecule has 0 aromatic carbocycles. The molecule has 0 aliphatic carbocycles. The summed E-state index contributed by atoms with van der Waals surface area (Å²) in [4.78, 5) is 37.6. The highest BCUT2D eigenvalue weighted by molar-refractivity contribution is 7.47. The molecule has 3 unspecified atom stereocenters. The molecule has 2 N–H and O–H groups in total. The van der Waals surface area contributed by atoms with Gasteiger partial charge in [-0.05, 0) is 102 Å². The number of esters is 1. The Morgan fingerprint density at radius 3 is 1.35 bits per heavy atom. The summed E-state index contributed by atoms with van der Waals surface area (Å²) in [6.07, 6.45) is 67.2. The van der Waals surface area contributed by atoms with Crippen LogP contribution in [0.2, 0.25) is 0 Å². The Hall–Kier alpha value is -2.81. The first-order chi connectivity index (χ1) is 34.9. The third-order valence-electron chi connectivity index (χ3n) is 12.6. The minimum absolute atomic E-state index is 0.0287. The van der Waals surface area contributed by atoms with E-state index in [2.05, 4.69) is 99.0 Å². The Bertz CT molecular complexity index is 1510. The number of allylic oxidation sites excluding steroid dienone is 13. The summed E-state index contributed by atoms with van der Waals surface area (Å²) in [5, 5.41) is 3.03. The third kappa shape index (κ3) is 52.1. The number of likely N-dealkylation sites (N-methyl/N-ethyl adjacent to an activating group) is 1. The van der Waals surface area contributed by atoms with Gasteiger partial charge in [0.1, 0.15) is 19.3 Å². The molecule has 0 aromatic rings. The maximum atomic E-state index is 13.5. The summed E-state index contributed by atoms with van der Waals surface area (Å²) in [6.45, 7) is 6.85. The fourth-order valence-electron chi connectivity index (χ4n) is 8.02. The van der Waals surface area contributed by atoms with Crippen LogP contribution in [-0.2, 0) is 27.9 Å². The lowest BCUT2D eigenvalue weighted by Crippen LogP contribution is -2.47. The van der Waals surface area contributed by atoms with Crippen LogP contribution >= 0.6 is 7.82 Å². The number of unbranched alkanes of at least 4 members (excludes halogenated alkanes) is 24. The molecule has 72 heavy (non-hydrogen) atoms. The first-order valence-electron chi connectivity index (χ1n) is 29.4. The van der Waals surface area contributed by atoms with Crippen molar-refractivity contribution in [2.45, 2.75) is 258 Å². The van der Waals surface area contributed by atoms with Crippen LogP contribution in [0.25, 0.3) is 0 Å². The highest BCUT2D eigenvalue weighted by Crippen LogP contribution is 2.43. The van der Waals surface area contributed by atoms with Crippen molar-refractivity contribution in [1.29, 1.82) is 0 Å². The van der Waals surface area contributed by atoms with Crippen molar-refractivity contribution < 1.29 is 37.3 Å². The van der Waals surface area contributed by atoms with E-state index < -0.39 is 20.0 Å². The highest BCUT2D eigenvalue weighted by atomic mass is 31.2. The lowest BCUT2D eigenvalue weighted by molar-refractivity contribution is -0.870. The van der Waals surface area contributed by atoms with E-state index in [0.717, 1.165) is 103 Å². The maximum absolute atomic E-state index is 13.5. The number of rotatable bonds is 52. The zero-order valence-corrected chi connectivity index (χ0v) is 48.3. The van der Waals surface area contributed by atoms with Gasteiger partial charge in [0.15, 0.2) is 0 Å². The molecule has 0 radical (unpaired) electrons. The van der Waals surface area contributed by atoms with Gasteiger partial charge < -0.3 is 19.4 Å². The van der Waals surface area contributed by atoms with Crippen LogP contribution in [0, 0.1) is 0 Å². The zero-order chi connectivity index (χ0) is 52.9. The van der Waals surface area contributed by atoms with E-state index in [-0.39, 0.29) is 31.5 Å². The molecular weight excluding hydrogens is 916 g/mol. The van der Waals surface area contributed by atoms with E-state index in [0.29, 0.717) is 23.9 Å². The number of ether oxygens (including phenoxy) is 1. The number of carbonyl (C=O) groups is 2. The third-order valence-corrected chi connectivity index (χ3v) is 13.6. The average Bonchev–Trinajstić information content (AvgIpc) is 3.34. The van der Waals surface area contributed by atoms with Crippen LogP contribution in [0.3, 0.4) is 0 Å². The average molecular weight is 1030 g/mol. The van der Waals surface area contributed by atoms with Gasteiger partial charge in [-0.3, -0.25) is 18.6 Å². The second kappa shape index (κ2) is 51.7. The summed E-state index contributed by atoms with van der Waals surface area (Å²) in [7, 11) is 1.46. The quantitative estimate of drug-likeness (QED) is 0.0205. The molecule has 0 spiro atoms. The van der Waals surface area contributed by atoms with Crippen molar-refractivity contribution in [1.82, 2.24) is 5.32 Å². The summed E-state index contributed by atoms with van der Waals surface area (Å²) in [6, 6.07) is -0.873. The molecule has 0 aliphatic heterocycles. The first kappa shape index (κ1) is 69.2. The molecule has 1 amide bonds. The van der Waals surface area contributed by atoms with Crippen LogP contribution in [0.1, 0.15) is 245 Å². The van der Waals surface area contributed by atoms with E-state index in [1.165, 1.54) is 103 Å². The van der Waals surface area contributed by atoms with Gasteiger partial charge in [0.25, 0.3) is 0 Å². The summed E-state index contributed by atoms with van der Waals surface area (Å²) in [5.41, 5.74) is 0. The van der Waals surface area contributed by atoms with Gasteiger partial charge in [-0.15, -0.1) is 0 Å². The normalized spacial score (nSPS) is 14.4. The van der Waals surface area contributed by atoms with E-state index in [1.54, 1.807) is 0 Å². The number of carbonyl (C=O) groups excluding carboxylic acids is 2. The van der Waals surface area contributed by atoms with Crippen molar-refractivity contribution in [3.63, 3.8) is 0 Å². The summed E-state index contributed by atoms with van der Waals surface area (Å²) < 4.78 is 30.6. The SMILES string of the molecule is CC/C=C\C/C=C\C/C=C\C/C=C\C/C=C\CCCCCC(=O)OC(/C=C/CCCCCCCCCCCCC)C(COP(=O)(O)OCC[N+](C)(C)C)NC(=O)CCCCC/C=C\CCCCCCCCC. The molecule has 0 fully saturated rings. The standard InChI is InChI=1S/C62H111N2O7P/c1-7-10-13-16-19-22-25-28-30-31-32-33-34-37-40-43-46-49-52-55-62(66)71-60(53-50-47-44-41-38-35-27-24-21-18-15-12-9-3)59(58-70-72(67,68)69-57-56-64(4,5)6)63-61(65)54-51-48-45-42-39-36-29-26-23-20-17-14-11-8-2/h10,13,19,22,28,30,32-33,36-37,39-40,50,53,59-60H,7-9,11-12,14-18,20-21,23-27,29,31,34-35,38,41-49,51-52,54-58H2,1-6H3,(H-,63,65,67,68)/p+1/b13-10-,22-19-,30-28-,33-32-,39-36-,40-37-,53-50+. The Balaban J connectivity index is 5.43. The number of hydrogen-bond donors (Lipinski definition) is 2. The first-order valence-corrected chi connectivity index (χ1v) is 30.9. The van der Waals surface area contributed by atoms with Gasteiger partial charge in [0, 0.05) is 12.8 Å². The van der Waals surface area contributed by atoms with Crippen molar-refractivity contribution in [2.24, 2.45) is 0 Å². The number of nitrogens with zero attached hydrogens (tertiary/aromatic N) is 1. The molecule has 0 heterocycles. The number of nitrogens with one attached hydrogen (secondary N) is 1. The van der Waals surface area contributed by atoms with Gasteiger partial charge in [-0.1, -0.05) is 215 Å². The highest BCUT2D eigenvalue weighted by Gasteiger charge is 2.30. The van der Waals surface area contributed by atoms with E-state index in [4.69, 9.17) is 13.8 Å². The Labute approximate surface area is 444 Å². The molecule has 9 nitrogen and oxygen atoms in total.